The summed E-state index contributed by atoms with van der Waals surface area (Å²) in [6.45, 7) is 8.55. The molecule has 1 N–H and O–H groups in total. The number of nitrogens with one attached hydrogen (secondary N) is 1. The van der Waals surface area contributed by atoms with Gasteiger partial charge in [-0.3, -0.25) is 4.98 Å². The number of rotatable bonds is 4. The van der Waals surface area contributed by atoms with Crippen molar-refractivity contribution in [2.45, 2.75) is 45.3 Å². The van der Waals surface area contributed by atoms with Gasteiger partial charge >= 0.3 is 6.09 Å². The third kappa shape index (κ3) is 5.71. The highest BCUT2D eigenvalue weighted by atomic mass is 16.6. The Kier molecular flexibility index (Phi) is 5.17. The fourth-order valence-electron chi connectivity index (χ4n) is 2.46. The Morgan fingerprint density at radius 3 is 2.81 bits per heavy atom. The lowest BCUT2D eigenvalue weighted by atomic mass is 10.2. The van der Waals surface area contributed by atoms with Crippen LogP contribution in [-0.4, -0.2) is 47.3 Å². The van der Waals surface area contributed by atoms with Gasteiger partial charge in [-0.25, -0.2) is 4.79 Å². The minimum absolute atomic E-state index is 0.192. The predicted octanol–water partition coefficient (Wildman–Crippen LogP) is 2.22. The van der Waals surface area contributed by atoms with Gasteiger partial charge in [0.15, 0.2) is 0 Å². The molecule has 1 aliphatic rings. The van der Waals surface area contributed by atoms with Crippen molar-refractivity contribution in [2.24, 2.45) is 0 Å². The molecule has 2 heterocycles. The van der Waals surface area contributed by atoms with Crippen LogP contribution in [0.4, 0.5) is 4.79 Å². The summed E-state index contributed by atoms with van der Waals surface area (Å²) in [6, 6.07) is 4.29. The number of pyridine rings is 1. The number of ether oxygens (including phenoxy) is 1. The van der Waals surface area contributed by atoms with Crippen molar-refractivity contribution in [2.75, 3.05) is 19.6 Å². The predicted molar refractivity (Wildman–Crippen MR) is 82.2 cm³/mol. The van der Waals surface area contributed by atoms with Gasteiger partial charge in [-0.15, -0.1) is 0 Å². The van der Waals surface area contributed by atoms with Crippen molar-refractivity contribution in [3.05, 3.63) is 30.1 Å². The third-order valence-electron chi connectivity index (χ3n) is 3.46. The number of amides is 1. The van der Waals surface area contributed by atoms with Gasteiger partial charge in [0.1, 0.15) is 5.60 Å². The van der Waals surface area contributed by atoms with Gasteiger partial charge in [0.2, 0.25) is 0 Å². The molecule has 116 valence electrons. The van der Waals surface area contributed by atoms with Crippen molar-refractivity contribution in [3.63, 3.8) is 0 Å². The number of likely N-dealkylation sites (tertiary alicyclic amines) is 1. The van der Waals surface area contributed by atoms with Crippen LogP contribution >= 0.6 is 0 Å². The molecule has 1 atom stereocenters. The summed E-state index contributed by atoms with van der Waals surface area (Å²) in [4.78, 5) is 18.1. The SMILES string of the molecule is CC(C)(C)OC(=O)N[C@H]1CCN(CCc2ccncc2)C1. The van der Waals surface area contributed by atoms with E-state index < -0.39 is 5.60 Å². The maximum atomic E-state index is 11.7. The van der Waals surface area contributed by atoms with Crippen molar-refractivity contribution in [3.8, 4) is 0 Å². The molecule has 1 saturated heterocycles. The smallest absolute Gasteiger partial charge is 0.407 e. The van der Waals surface area contributed by atoms with Crippen LogP contribution in [-0.2, 0) is 11.2 Å². The first kappa shape index (κ1) is 15.8. The Hall–Kier alpha value is -1.62. The summed E-state index contributed by atoms with van der Waals surface area (Å²) in [6.07, 6.45) is 5.33. The zero-order chi connectivity index (χ0) is 15.3. The van der Waals surface area contributed by atoms with Gasteiger partial charge in [0, 0.05) is 38.1 Å². The van der Waals surface area contributed by atoms with E-state index in [0.717, 1.165) is 32.5 Å². The Morgan fingerprint density at radius 1 is 1.43 bits per heavy atom. The molecule has 1 aliphatic heterocycles. The monoisotopic (exact) mass is 291 g/mol. The normalized spacial score (nSPS) is 19.5. The van der Waals surface area contributed by atoms with Crippen molar-refractivity contribution >= 4 is 6.09 Å². The molecular weight excluding hydrogens is 266 g/mol. The summed E-state index contributed by atoms with van der Waals surface area (Å²) >= 11 is 0. The van der Waals surface area contributed by atoms with Gasteiger partial charge in [-0.05, 0) is 51.3 Å². The number of hydrogen-bond acceptors (Lipinski definition) is 4. The van der Waals surface area contributed by atoms with E-state index in [1.807, 2.05) is 45.3 Å². The number of nitrogens with zero attached hydrogens (tertiary/aromatic N) is 2. The highest BCUT2D eigenvalue weighted by Gasteiger charge is 2.25. The number of carbonyl (C=O) groups excluding carboxylic acids is 1. The van der Waals surface area contributed by atoms with E-state index in [1.54, 1.807) is 0 Å². The minimum atomic E-state index is -0.441. The topological polar surface area (TPSA) is 54.5 Å². The maximum Gasteiger partial charge on any atom is 0.407 e. The number of carbonyl (C=O) groups is 1. The molecule has 5 heteroatoms. The Balaban J connectivity index is 1.70. The second-order valence-corrected chi connectivity index (χ2v) is 6.54. The van der Waals surface area contributed by atoms with Crippen LogP contribution in [0.15, 0.2) is 24.5 Å². The zero-order valence-corrected chi connectivity index (χ0v) is 13.1. The summed E-state index contributed by atoms with van der Waals surface area (Å²) in [7, 11) is 0. The molecule has 0 aliphatic carbocycles. The zero-order valence-electron chi connectivity index (χ0n) is 13.1. The van der Waals surface area contributed by atoms with Crippen molar-refractivity contribution in [1.82, 2.24) is 15.2 Å². The van der Waals surface area contributed by atoms with Crippen LogP contribution in [0.1, 0.15) is 32.8 Å². The summed E-state index contributed by atoms with van der Waals surface area (Å²) < 4.78 is 5.29. The summed E-state index contributed by atoms with van der Waals surface area (Å²) in [5, 5.41) is 2.95. The second kappa shape index (κ2) is 6.89. The highest BCUT2D eigenvalue weighted by Crippen LogP contribution is 2.12. The Bertz CT molecular complexity index is 456. The first-order valence-corrected chi connectivity index (χ1v) is 7.53. The van der Waals surface area contributed by atoms with E-state index >= 15 is 0 Å². The van der Waals surface area contributed by atoms with E-state index in [-0.39, 0.29) is 12.1 Å². The van der Waals surface area contributed by atoms with Gasteiger partial charge in [0.05, 0.1) is 0 Å². The van der Waals surface area contributed by atoms with E-state index in [2.05, 4.69) is 15.2 Å². The van der Waals surface area contributed by atoms with Crippen LogP contribution < -0.4 is 5.32 Å². The molecule has 21 heavy (non-hydrogen) atoms. The van der Waals surface area contributed by atoms with Crippen LogP contribution in [0, 0.1) is 0 Å². The lowest BCUT2D eigenvalue weighted by Gasteiger charge is -2.22. The molecule has 0 radical (unpaired) electrons. The summed E-state index contributed by atoms with van der Waals surface area (Å²) in [5.41, 5.74) is 0.859. The molecule has 1 amide bonds. The van der Waals surface area contributed by atoms with Crippen molar-refractivity contribution in [1.29, 1.82) is 0 Å². The molecule has 2 rings (SSSR count). The Labute approximate surface area is 126 Å². The lowest BCUT2D eigenvalue weighted by Crippen LogP contribution is -2.40. The van der Waals surface area contributed by atoms with E-state index in [1.165, 1.54) is 5.56 Å². The van der Waals surface area contributed by atoms with Gasteiger partial charge in [-0.1, -0.05) is 0 Å². The van der Waals surface area contributed by atoms with E-state index in [9.17, 15) is 4.79 Å². The molecule has 0 aromatic carbocycles. The fraction of sp³-hybridized carbons (Fsp3) is 0.625. The standard InChI is InChI=1S/C16H25N3O2/c1-16(2,3)21-15(20)18-14-7-11-19(12-14)10-6-13-4-8-17-9-5-13/h4-5,8-9,14H,6-7,10-12H2,1-3H3,(H,18,20)/t14-/m0/s1. The van der Waals surface area contributed by atoms with Gasteiger partial charge in [0.25, 0.3) is 0 Å². The van der Waals surface area contributed by atoms with Crippen LogP contribution in [0.3, 0.4) is 0 Å². The van der Waals surface area contributed by atoms with Crippen molar-refractivity contribution < 1.29 is 9.53 Å². The third-order valence-corrected chi connectivity index (χ3v) is 3.46. The lowest BCUT2D eigenvalue weighted by molar-refractivity contribution is 0.0506. The molecule has 1 fully saturated rings. The van der Waals surface area contributed by atoms with Crippen LogP contribution in [0.25, 0.3) is 0 Å². The minimum Gasteiger partial charge on any atom is -0.444 e. The summed E-state index contributed by atoms with van der Waals surface area (Å²) in [5.74, 6) is 0. The largest absolute Gasteiger partial charge is 0.444 e. The average Bonchev–Trinajstić information content (AvgIpc) is 2.83. The molecule has 1 aromatic rings. The molecule has 0 unspecified atom stereocenters. The molecular formula is C16H25N3O2. The number of alkyl carbamates (subject to hydrolysis) is 1. The first-order chi connectivity index (χ1) is 9.92. The highest BCUT2D eigenvalue weighted by molar-refractivity contribution is 5.68. The van der Waals surface area contributed by atoms with Gasteiger partial charge in [-0.2, -0.15) is 0 Å². The van der Waals surface area contributed by atoms with E-state index in [0.29, 0.717) is 0 Å². The molecule has 0 saturated carbocycles. The maximum absolute atomic E-state index is 11.7. The average molecular weight is 291 g/mol. The van der Waals surface area contributed by atoms with Gasteiger partial charge < -0.3 is 15.0 Å². The first-order valence-electron chi connectivity index (χ1n) is 7.53. The Morgan fingerprint density at radius 2 is 2.14 bits per heavy atom. The number of hydrogen-bond donors (Lipinski definition) is 1. The van der Waals surface area contributed by atoms with E-state index in [4.69, 9.17) is 4.74 Å². The van der Waals surface area contributed by atoms with Crippen LogP contribution in [0.5, 0.6) is 0 Å². The second-order valence-electron chi connectivity index (χ2n) is 6.54. The molecule has 0 spiro atoms. The molecule has 5 nitrogen and oxygen atoms in total. The quantitative estimate of drug-likeness (QED) is 0.924. The molecule has 1 aromatic heterocycles. The number of aromatic nitrogens is 1. The fourth-order valence-corrected chi connectivity index (χ4v) is 2.46. The molecule has 0 bridgehead atoms. The van der Waals surface area contributed by atoms with Crippen LogP contribution in [0.2, 0.25) is 0 Å².